The van der Waals surface area contributed by atoms with Crippen LogP contribution in [0.3, 0.4) is 0 Å². The van der Waals surface area contributed by atoms with Gasteiger partial charge < -0.3 is 14.2 Å². The monoisotopic (exact) mass is 445 g/mol. The van der Waals surface area contributed by atoms with E-state index in [-0.39, 0.29) is 11.7 Å². The lowest BCUT2D eigenvalue weighted by Crippen LogP contribution is -2.42. The van der Waals surface area contributed by atoms with Crippen molar-refractivity contribution in [2.75, 3.05) is 19.7 Å². The Balaban J connectivity index is 1.42. The third-order valence-electron chi connectivity index (χ3n) is 5.33. The predicted molar refractivity (Wildman–Crippen MR) is 109 cm³/mol. The summed E-state index contributed by atoms with van der Waals surface area (Å²) >= 11 is 0. The standard InChI is InChI=1S/C23H22F3N3O3/c1-2-18-12-20(32-28-18)22(30)29-8-9-31-21(14-29)19-7-6-16(13-27-19)10-15-4-3-5-17(11-15)23(24,25)26/h3-7,11-13,21H,2,8-10,14H2,1H3/t21-/m0/s1. The average Bonchev–Trinajstić information content (AvgIpc) is 3.28. The van der Waals surface area contributed by atoms with E-state index in [1.54, 1.807) is 29.3 Å². The number of hydrogen-bond acceptors (Lipinski definition) is 5. The van der Waals surface area contributed by atoms with Crippen LogP contribution in [0.1, 0.15) is 51.7 Å². The third-order valence-corrected chi connectivity index (χ3v) is 5.33. The first-order valence-electron chi connectivity index (χ1n) is 10.3. The average molecular weight is 445 g/mol. The van der Waals surface area contributed by atoms with Crippen molar-refractivity contribution < 1.29 is 27.2 Å². The van der Waals surface area contributed by atoms with E-state index >= 15 is 0 Å². The zero-order chi connectivity index (χ0) is 22.7. The first-order chi connectivity index (χ1) is 15.3. The van der Waals surface area contributed by atoms with E-state index in [4.69, 9.17) is 9.26 Å². The molecule has 1 aromatic carbocycles. The van der Waals surface area contributed by atoms with Crippen molar-refractivity contribution in [2.24, 2.45) is 0 Å². The minimum Gasteiger partial charge on any atom is -0.368 e. The molecule has 0 unspecified atom stereocenters. The van der Waals surface area contributed by atoms with E-state index < -0.39 is 17.8 Å². The largest absolute Gasteiger partial charge is 0.416 e. The van der Waals surface area contributed by atoms with Gasteiger partial charge in [0.05, 0.1) is 30.1 Å². The highest BCUT2D eigenvalue weighted by Crippen LogP contribution is 2.30. The molecule has 0 radical (unpaired) electrons. The van der Waals surface area contributed by atoms with Crippen LogP contribution in [0.4, 0.5) is 13.2 Å². The molecule has 1 aliphatic heterocycles. The molecule has 1 saturated heterocycles. The number of halogens is 3. The van der Waals surface area contributed by atoms with Crippen LogP contribution in [0.5, 0.6) is 0 Å². The van der Waals surface area contributed by atoms with Crippen LogP contribution >= 0.6 is 0 Å². The fourth-order valence-corrected chi connectivity index (χ4v) is 3.57. The van der Waals surface area contributed by atoms with Crippen molar-refractivity contribution in [2.45, 2.75) is 32.0 Å². The van der Waals surface area contributed by atoms with Gasteiger partial charge in [-0.25, -0.2) is 0 Å². The summed E-state index contributed by atoms with van der Waals surface area (Å²) in [4.78, 5) is 18.8. The highest BCUT2D eigenvalue weighted by Gasteiger charge is 2.31. The molecule has 6 nitrogen and oxygen atoms in total. The number of nitrogens with zero attached hydrogens (tertiary/aromatic N) is 3. The Labute approximate surface area is 183 Å². The first-order valence-corrected chi connectivity index (χ1v) is 10.3. The molecule has 2 aromatic heterocycles. The minimum atomic E-state index is -4.37. The molecule has 0 N–H and O–H groups in total. The lowest BCUT2D eigenvalue weighted by molar-refractivity contribution is -0.137. The first kappa shape index (κ1) is 22.0. The smallest absolute Gasteiger partial charge is 0.368 e. The number of benzene rings is 1. The fourth-order valence-electron chi connectivity index (χ4n) is 3.57. The molecule has 3 aromatic rings. The third kappa shape index (κ3) is 4.99. The van der Waals surface area contributed by atoms with Crippen LogP contribution in [-0.4, -0.2) is 40.6 Å². The van der Waals surface area contributed by atoms with Gasteiger partial charge in [-0.1, -0.05) is 36.3 Å². The van der Waals surface area contributed by atoms with Gasteiger partial charge in [0.25, 0.3) is 5.91 Å². The van der Waals surface area contributed by atoms with Crippen molar-refractivity contribution in [1.82, 2.24) is 15.0 Å². The number of carbonyl (C=O) groups excluding carboxylic acids is 1. The molecule has 0 saturated carbocycles. The molecular weight excluding hydrogens is 423 g/mol. The van der Waals surface area contributed by atoms with Crippen LogP contribution in [-0.2, 0) is 23.8 Å². The molecule has 4 rings (SSSR count). The number of morpholine rings is 1. The molecule has 1 fully saturated rings. The molecule has 32 heavy (non-hydrogen) atoms. The number of aryl methyl sites for hydroxylation is 1. The predicted octanol–water partition coefficient (Wildman–Crippen LogP) is 4.46. The Morgan fingerprint density at radius 2 is 2.03 bits per heavy atom. The highest BCUT2D eigenvalue weighted by molar-refractivity contribution is 5.91. The van der Waals surface area contributed by atoms with E-state index in [2.05, 4.69) is 10.1 Å². The number of pyridine rings is 1. The second-order valence-electron chi connectivity index (χ2n) is 7.61. The summed E-state index contributed by atoms with van der Waals surface area (Å²) in [6.07, 6.45) is -2.13. The van der Waals surface area contributed by atoms with Gasteiger partial charge >= 0.3 is 6.18 Å². The summed E-state index contributed by atoms with van der Waals surface area (Å²) in [6.45, 7) is 3.05. The van der Waals surface area contributed by atoms with Crippen LogP contribution < -0.4 is 0 Å². The summed E-state index contributed by atoms with van der Waals surface area (Å²) in [7, 11) is 0. The summed E-state index contributed by atoms with van der Waals surface area (Å²) in [5.41, 5.74) is 2.04. The summed E-state index contributed by atoms with van der Waals surface area (Å²) in [5, 5.41) is 3.86. The molecule has 1 aliphatic rings. The number of alkyl halides is 3. The van der Waals surface area contributed by atoms with E-state index in [0.717, 1.165) is 23.4 Å². The van der Waals surface area contributed by atoms with Gasteiger partial charge in [0.1, 0.15) is 6.10 Å². The number of carbonyl (C=O) groups is 1. The van der Waals surface area contributed by atoms with Crippen molar-refractivity contribution in [1.29, 1.82) is 0 Å². The van der Waals surface area contributed by atoms with Crippen LogP contribution in [0.15, 0.2) is 53.2 Å². The molecule has 3 heterocycles. The molecule has 0 aliphatic carbocycles. The number of aromatic nitrogens is 2. The Morgan fingerprint density at radius 1 is 1.19 bits per heavy atom. The van der Waals surface area contributed by atoms with Gasteiger partial charge in [-0.15, -0.1) is 0 Å². The van der Waals surface area contributed by atoms with Gasteiger partial charge in [-0.3, -0.25) is 9.78 Å². The van der Waals surface area contributed by atoms with E-state index in [1.807, 2.05) is 13.0 Å². The lowest BCUT2D eigenvalue weighted by atomic mass is 10.0. The molecule has 0 spiro atoms. The Bertz CT molecular complexity index is 1080. The Kier molecular flexibility index (Phi) is 6.27. The molecule has 1 amide bonds. The summed E-state index contributed by atoms with van der Waals surface area (Å²) in [5.74, 6) is -0.0430. The molecule has 9 heteroatoms. The molecular formula is C23H22F3N3O3. The van der Waals surface area contributed by atoms with Gasteiger partial charge in [0.2, 0.25) is 5.76 Å². The van der Waals surface area contributed by atoms with Crippen molar-refractivity contribution >= 4 is 5.91 Å². The minimum absolute atomic E-state index is 0.201. The summed E-state index contributed by atoms with van der Waals surface area (Å²) in [6, 6.07) is 10.5. The lowest BCUT2D eigenvalue weighted by Gasteiger charge is -2.32. The topological polar surface area (TPSA) is 68.5 Å². The number of hydrogen-bond donors (Lipinski definition) is 0. The SMILES string of the molecule is CCc1cc(C(=O)N2CCO[C@H](c3ccc(Cc4cccc(C(F)(F)F)c4)cn3)C2)on1. The van der Waals surface area contributed by atoms with Gasteiger partial charge in [0, 0.05) is 18.8 Å². The molecule has 168 valence electrons. The Hall–Kier alpha value is -3.20. The van der Waals surface area contributed by atoms with Gasteiger partial charge in [-0.05, 0) is 36.1 Å². The second-order valence-corrected chi connectivity index (χ2v) is 7.61. The highest BCUT2D eigenvalue weighted by atomic mass is 19.4. The number of ether oxygens (including phenoxy) is 1. The number of rotatable bonds is 5. The molecule has 0 bridgehead atoms. The van der Waals surface area contributed by atoms with Crippen molar-refractivity contribution in [3.8, 4) is 0 Å². The zero-order valence-corrected chi connectivity index (χ0v) is 17.4. The maximum absolute atomic E-state index is 12.9. The van der Waals surface area contributed by atoms with E-state index in [9.17, 15) is 18.0 Å². The summed E-state index contributed by atoms with van der Waals surface area (Å²) < 4.78 is 49.7. The normalized spacial score (nSPS) is 16.9. The maximum Gasteiger partial charge on any atom is 0.416 e. The number of amides is 1. The van der Waals surface area contributed by atoms with Crippen molar-refractivity contribution in [3.63, 3.8) is 0 Å². The van der Waals surface area contributed by atoms with E-state index in [0.29, 0.717) is 43.8 Å². The Morgan fingerprint density at radius 3 is 2.72 bits per heavy atom. The van der Waals surface area contributed by atoms with Crippen molar-refractivity contribution in [3.05, 3.63) is 82.5 Å². The van der Waals surface area contributed by atoms with Crippen LogP contribution in [0.25, 0.3) is 0 Å². The zero-order valence-electron chi connectivity index (χ0n) is 17.4. The van der Waals surface area contributed by atoms with Crippen LogP contribution in [0.2, 0.25) is 0 Å². The van der Waals surface area contributed by atoms with E-state index in [1.165, 1.54) is 6.07 Å². The van der Waals surface area contributed by atoms with Crippen LogP contribution in [0, 0.1) is 0 Å². The van der Waals surface area contributed by atoms with Gasteiger partial charge in [-0.2, -0.15) is 13.2 Å². The maximum atomic E-state index is 12.9. The second kappa shape index (κ2) is 9.12. The quantitative estimate of drug-likeness (QED) is 0.580. The van der Waals surface area contributed by atoms with Gasteiger partial charge in [0.15, 0.2) is 0 Å². The molecule has 1 atom stereocenters. The fraction of sp³-hybridized carbons (Fsp3) is 0.348.